The highest BCUT2D eigenvalue weighted by molar-refractivity contribution is 6.31. The molecule has 0 N–H and O–H groups in total. The van der Waals surface area contributed by atoms with Crippen molar-refractivity contribution >= 4 is 23.2 Å². The van der Waals surface area contributed by atoms with Crippen LogP contribution in [0.15, 0.2) is 36.5 Å². The summed E-state index contributed by atoms with van der Waals surface area (Å²) in [6.45, 7) is 0. The van der Waals surface area contributed by atoms with Gasteiger partial charge in [-0.2, -0.15) is 4.39 Å². The topological polar surface area (TPSA) is 12.9 Å². The summed E-state index contributed by atoms with van der Waals surface area (Å²) < 4.78 is 13.4. The zero-order valence-corrected chi connectivity index (χ0v) is 9.06. The molecule has 1 aromatic carbocycles. The number of pyridine rings is 1. The number of hydrogen-bond acceptors (Lipinski definition) is 1. The first-order chi connectivity index (χ1) is 7.16. The lowest BCUT2D eigenvalue weighted by Crippen LogP contribution is -1.88. The Morgan fingerprint density at radius 3 is 2.60 bits per heavy atom. The van der Waals surface area contributed by atoms with E-state index in [9.17, 15) is 4.39 Å². The van der Waals surface area contributed by atoms with E-state index in [1.54, 1.807) is 24.3 Å². The Kier molecular flexibility index (Phi) is 2.89. The van der Waals surface area contributed by atoms with Crippen LogP contribution in [0, 0.1) is 5.95 Å². The zero-order valence-electron chi connectivity index (χ0n) is 7.55. The second-order valence-corrected chi connectivity index (χ2v) is 3.88. The average Bonchev–Trinajstić information content (AvgIpc) is 2.22. The third kappa shape index (κ3) is 2.28. The molecule has 0 radical (unpaired) electrons. The molecule has 0 fully saturated rings. The molecule has 0 saturated heterocycles. The second-order valence-electron chi connectivity index (χ2n) is 3.00. The molecule has 0 saturated carbocycles. The van der Waals surface area contributed by atoms with Gasteiger partial charge in [0.15, 0.2) is 0 Å². The molecule has 2 aromatic rings. The third-order valence-corrected chi connectivity index (χ3v) is 2.38. The molecule has 15 heavy (non-hydrogen) atoms. The molecule has 0 amide bonds. The van der Waals surface area contributed by atoms with Crippen molar-refractivity contribution in [3.05, 3.63) is 52.5 Å². The number of hydrogen-bond donors (Lipinski definition) is 0. The van der Waals surface area contributed by atoms with E-state index in [-0.39, 0.29) is 0 Å². The molecule has 0 aliphatic heterocycles. The lowest BCUT2D eigenvalue weighted by atomic mass is 10.1. The summed E-state index contributed by atoms with van der Waals surface area (Å²) in [5.41, 5.74) is 1.01. The van der Waals surface area contributed by atoms with Crippen LogP contribution in [-0.4, -0.2) is 4.98 Å². The van der Waals surface area contributed by atoms with Gasteiger partial charge in [-0.3, -0.25) is 0 Å². The summed E-state index contributed by atoms with van der Waals surface area (Å²) in [6, 6.07) is 8.41. The fourth-order valence-corrected chi connectivity index (χ4v) is 1.63. The minimum absolute atomic E-state index is 0.352. The van der Waals surface area contributed by atoms with E-state index < -0.39 is 5.95 Å². The molecule has 2 rings (SSSR count). The first-order valence-corrected chi connectivity index (χ1v) is 4.99. The van der Waals surface area contributed by atoms with Crippen LogP contribution in [0.25, 0.3) is 11.1 Å². The van der Waals surface area contributed by atoms with Gasteiger partial charge in [0, 0.05) is 16.8 Å². The molecule has 1 nitrogen and oxygen atoms in total. The summed E-state index contributed by atoms with van der Waals surface area (Å²) in [5, 5.41) is 0.943. The lowest BCUT2D eigenvalue weighted by Gasteiger charge is -2.03. The Morgan fingerprint density at radius 1 is 1.07 bits per heavy atom. The summed E-state index contributed by atoms with van der Waals surface area (Å²) in [4.78, 5) is 3.54. The van der Waals surface area contributed by atoms with Gasteiger partial charge < -0.3 is 0 Å². The monoisotopic (exact) mass is 241 g/mol. The summed E-state index contributed by atoms with van der Waals surface area (Å²) >= 11 is 11.6. The predicted octanol–water partition coefficient (Wildman–Crippen LogP) is 4.19. The van der Waals surface area contributed by atoms with Crippen LogP contribution < -0.4 is 0 Å². The maximum atomic E-state index is 13.4. The Hall–Kier alpha value is -1.12. The van der Waals surface area contributed by atoms with Crippen molar-refractivity contribution < 1.29 is 4.39 Å². The van der Waals surface area contributed by atoms with Crippen molar-refractivity contribution in [3.63, 3.8) is 0 Å². The van der Waals surface area contributed by atoms with Crippen LogP contribution in [0.5, 0.6) is 0 Å². The van der Waals surface area contributed by atoms with Crippen molar-refractivity contribution in [1.82, 2.24) is 4.98 Å². The van der Waals surface area contributed by atoms with Crippen LogP contribution in [-0.2, 0) is 0 Å². The normalized spacial score (nSPS) is 10.3. The van der Waals surface area contributed by atoms with Crippen LogP contribution in [0.4, 0.5) is 4.39 Å². The molecule has 0 spiro atoms. The van der Waals surface area contributed by atoms with Crippen molar-refractivity contribution in [2.24, 2.45) is 0 Å². The van der Waals surface area contributed by atoms with E-state index in [0.717, 1.165) is 0 Å². The molecule has 4 heteroatoms. The van der Waals surface area contributed by atoms with Crippen molar-refractivity contribution in [3.8, 4) is 11.1 Å². The molecule has 0 aliphatic rings. The average molecular weight is 242 g/mol. The van der Waals surface area contributed by atoms with Crippen molar-refractivity contribution in [1.29, 1.82) is 0 Å². The highest BCUT2D eigenvalue weighted by Gasteiger charge is 2.07. The number of rotatable bonds is 1. The number of aromatic nitrogens is 1. The third-order valence-electron chi connectivity index (χ3n) is 1.94. The van der Waals surface area contributed by atoms with Gasteiger partial charge in [-0.1, -0.05) is 35.3 Å². The van der Waals surface area contributed by atoms with Gasteiger partial charge in [-0.15, -0.1) is 0 Å². The predicted molar refractivity (Wildman–Crippen MR) is 59.7 cm³/mol. The van der Waals surface area contributed by atoms with Crippen LogP contribution in [0.2, 0.25) is 10.0 Å². The van der Waals surface area contributed by atoms with Gasteiger partial charge in [0.25, 0.3) is 0 Å². The summed E-state index contributed by atoms with van der Waals surface area (Å²) in [6.07, 6.45) is 1.27. The molecule has 1 aromatic heterocycles. The van der Waals surface area contributed by atoms with Crippen LogP contribution in [0.3, 0.4) is 0 Å². The minimum Gasteiger partial charge on any atom is -0.226 e. The van der Waals surface area contributed by atoms with Gasteiger partial charge >= 0.3 is 0 Å². The summed E-state index contributed by atoms with van der Waals surface area (Å²) in [5.74, 6) is -0.554. The SMILES string of the molecule is Fc1ncc(Cl)cc1-c1cccc(Cl)c1. The van der Waals surface area contributed by atoms with Gasteiger partial charge in [-0.25, -0.2) is 4.98 Å². The van der Waals surface area contributed by atoms with Crippen molar-refractivity contribution in [2.45, 2.75) is 0 Å². The van der Waals surface area contributed by atoms with E-state index in [1.807, 2.05) is 0 Å². The fourth-order valence-electron chi connectivity index (χ4n) is 1.28. The molecule has 0 atom stereocenters. The zero-order chi connectivity index (χ0) is 10.8. The molecule has 0 unspecified atom stereocenters. The van der Waals surface area contributed by atoms with Crippen molar-refractivity contribution in [2.75, 3.05) is 0 Å². The fraction of sp³-hybridized carbons (Fsp3) is 0. The first kappa shape index (κ1) is 10.4. The van der Waals surface area contributed by atoms with Gasteiger partial charge in [0.05, 0.1) is 5.02 Å². The van der Waals surface area contributed by atoms with E-state index in [0.29, 0.717) is 21.2 Å². The van der Waals surface area contributed by atoms with Crippen LogP contribution >= 0.6 is 23.2 Å². The number of halogens is 3. The van der Waals surface area contributed by atoms with E-state index >= 15 is 0 Å². The van der Waals surface area contributed by atoms with E-state index in [2.05, 4.69) is 4.98 Å². The summed E-state index contributed by atoms with van der Waals surface area (Å²) in [7, 11) is 0. The lowest BCUT2D eigenvalue weighted by molar-refractivity contribution is 0.587. The molecule has 0 aliphatic carbocycles. The van der Waals surface area contributed by atoms with E-state index in [1.165, 1.54) is 12.3 Å². The number of nitrogens with zero attached hydrogens (tertiary/aromatic N) is 1. The first-order valence-electron chi connectivity index (χ1n) is 4.24. The minimum atomic E-state index is -0.554. The highest BCUT2D eigenvalue weighted by Crippen LogP contribution is 2.26. The molecular formula is C11H6Cl2FN. The van der Waals surface area contributed by atoms with Gasteiger partial charge in [0.2, 0.25) is 5.95 Å². The van der Waals surface area contributed by atoms with E-state index in [4.69, 9.17) is 23.2 Å². The Bertz CT molecular complexity index is 500. The Morgan fingerprint density at radius 2 is 1.87 bits per heavy atom. The standard InChI is InChI=1S/C11H6Cl2FN/c12-8-3-1-2-7(4-8)10-5-9(13)6-15-11(10)14/h1-6H. The smallest absolute Gasteiger partial charge is 0.220 e. The maximum Gasteiger partial charge on any atom is 0.220 e. The van der Waals surface area contributed by atoms with Gasteiger partial charge in [-0.05, 0) is 23.8 Å². The number of benzene rings is 1. The van der Waals surface area contributed by atoms with Gasteiger partial charge in [0.1, 0.15) is 0 Å². The highest BCUT2D eigenvalue weighted by atomic mass is 35.5. The second kappa shape index (κ2) is 4.17. The molecule has 76 valence electrons. The Labute approximate surface area is 96.5 Å². The molecular weight excluding hydrogens is 236 g/mol. The molecule has 0 bridgehead atoms. The van der Waals surface area contributed by atoms with Crippen LogP contribution in [0.1, 0.15) is 0 Å². The Balaban J connectivity index is 2.58. The molecule has 1 heterocycles. The quantitative estimate of drug-likeness (QED) is 0.683. The maximum absolute atomic E-state index is 13.4. The largest absolute Gasteiger partial charge is 0.226 e.